The van der Waals surface area contributed by atoms with Gasteiger partial charge in [-0.25, -0.2) is 0 Å². The maximum atomic E-state index is 5.75. The Kier molecular flexibility index (Phi) is 14.2. The first-order valence-corrected chi connectivity index (χ1v) is 9.68. The maximum absolute atomic E-state index is 5.75. The highest BCUT2D eigenvalue weighted by molar-refractivity contribution is 5.70. The molecule has 1 nitrogen and oxygen atoms in total. The minimum atomic E-state index is 0. The number of anilines is 1. The number of hydrogen-bond donors (Lipinski definition) is 1. The van der Waals surface area contributed by atoms with Crippen LogP contribution in [0, 0.1) is 12.8 Å². The molecule has 152 valence electrons. The maximum Gasteiger partial charge on any atom is 0.0314 e. The van der Waals surface area contributed by atoms with E-state index in [2.05, 4.69) is 57.7 Å². The summed E-state index contributed by atoms with van der Waals surface area (Å²) in [7, 11) is 0. The van der Waals surface area contributed by atoms with Crippen LogP contribution in [0.5, 0.6) is 0 Å². The summed E-state index contributed by atoms with van der Waals surface area (Å²) >= 11 is 0. The van der Waals surface area contributed by atoms with E-state index < -0.39 is 0 Å². The van der Waals surface area contributed by atoms with Crippen LogP contribution in [0.1, 0.15) is 77.6 Å². The third-order valence-electron chi connectivity index (χ3n) is 4.33. The van der Waals surface area contributed by atoms with Crippen molar-refractivity contribution in [2.24, 2.45) is 5.92 Å². The lowest BCUT2D eigenvalue weighted by Gasteiger charge is -2.27. The van der Waals surface area contributed by atoms with Gasteiger partial charge in [0.05, 0.1) is 0 Å². The molecular formula is C26H43N. The second-order valence-electron chi connectivity index (χ2n) is 6.57. The summed E-state index contributed by atoms with van der Waals surface area (Å²) in [5.74, 6) is 0.549. The number of aryl methyl sites for hydroxylation is 2. The fourth-order valence-electron chi connectivity index (χ4n) is 3.09. The van der Waals surface area contributed by atoms with E-state index in [1.54, 1.807) is 0 Å². The molecule has 1 unspecified atom stereocenters. The molecule has 0 heterocycles. The summed E-state index contributed by atoms with van der Waals surface area (Å²) in [6.45, 7) is 14.8. The molecule has 1 atom stereocenters. The molecule has 0 radical (unpaired) electrons. The van der Waals surface area contributed by atoms with Gasteiger partial charge in [-0.15, -0.1) is 0 Å². The molecule has 0 saturated heterocycles. The van der Waals surface area contributed by atoms with Gasteiger partial charge in [-0.3, -0.25) is 0 Å². The highest BCUT2D eigenvalue weighted by atomic mass is 14.5. The molecule has 0 amide bonds. The zero-order valence-electron chi connectivity index (χ0n) is 16.7. The topological polar surface area (TPSA) is 26.0 Å². The summed E-state index contributed by atoms with van der Waals surface area (Å²) < 4.78 is 0. The summed E-state index contributed by atoms with van der Waals surface area (Å²) in [5.41, 5.74) is 13.4. The monoisotopic (exact) mass is 369 g/mol. The first-order chi connectivity index (χ1) is 12.0. The number of benzene rings is 2. The van der Waals surface area contributed by atoms with Crippen LogP contribution in [0.2, 0.25) is 0 Å². The van der Waals surface area contributed by atoms with Crippen molar-refractivity contribution in [2.45, 2.75) is 75.2 Å². The van der Waals surface area contributed by atoms with Crippen LogP contribution in [0.25, 0.3) is 5.57 Å². The first kappa shape index (κ1) is 27.2. The lowest BCUT2D eigenvalue weighted by atomic mass is 9.77. The highest BCUT2D eigenvalue weighted by Crippen LogP contribution is 2.36. The normalized spacial score (nSPS) is 14.1. The largest absolute Gasteiger partial charge is 0.399 e. The van der Waals surface area contributed by atoms with Gasteiger partial charge < -0.3 is 5.73 Å². The Bertz CT molecular complexity index is 652. The Balaban J connectivity index is 0. The molecule has 2 aromatic carbocycles. The van der Waals surface area contributed by atoms with Crippen molar-refractivity contribution >= 4 is 11.3 Å². The van der Waals surface area contributed by atoms with Crippen LogP contribution < -0.4 is 5.73 Å². The van der Waals surface area contributed by atoms with Crippen LogP contribution >= 0.6 is 0 Å². The van der Waals surface area contributed by atoms with E-state index >= 15 is 0 Å². The average Bonchev–Trinajstić information content (AvgIpc) is 2.62. The van der Waals surface area contributed by atoms with E-state index in [-0.39, 0.29) is 14.9 Å². The van der Waals surface area contributed by atoms with Crippen LogP contribution in [-0.4, -0.2) is 0 Å². The van der Waals surface area contributed by atoms with Gasteiger partial charge in [-0.05, 0) is 66.5 Å². The van der Waals surface area contributed by atoms with Crippen molar-refractivity contribution in [1.29, 1.82) is 0 Å². The molecule has 0 aromatic heterocycles. The molecule has 27 heavy (non-hydrogen) atoms. The molecular weight excluding hydrogens is 326 g/mol. The quantitative estimate of drug-likeness (QED) is 0.531. The van der Waals surface area contributed by atoms with Gasteiger partial charge in [0.25, 0.3) is 0 Å². The average molecular weight is 370 g/mol. The molecule has 1 aliphatic carbocycles. The Morgan fingerprint density at radius 2 is 1.56 bits per heavy atom. The molecule has 2 N–H and O–H groups in total. The SMILES string of the molecule is C.C.C=C1c2cc(C)ccc2CCC1Cc1ccc(N)cc1.CC.CCC. The number of rotatable bonds is 2. The summed E-state index contributed by atoms with van der Waals surface area (Å²) in [4.78, 5) is 0. The molecule has 0 bridgehead atoms. The Morgan fingerprint density at radius 1 is 1.00 bits per heavy atom. The highest BCUT2D eigenvalue weighted by Gasteiger charge is 2.22. The lowest BCUT2D eigenvalue weighted by Crippen LogP contribution is -2.15. The van der Waals surface area contributed by atoms with Crippen LogP contribution in [0.3, 0.4) is 0 Å². The molecule has 0 aliphatic heterocycles. The van der Waals surface area contributed by atoms with Crippen molar-refractivity contribution in [1.82, 2.24) is 0 Å². The van der Waals surface area contributed by atoms with Crippen molar-refractivity contribution in [3.63, 3.8) is 0 Å². The second kappa shape index (κ2) is 14.1. The summed E-state index contributed by atoms with van der Waals surface area (Å²) in [6, 6.07) is 15.0. The molecule has 0 saturated carbocycles. The van der Waals surface area contributed by atoms with Crippen LogP contribution in [0.4, 0.5) is 5.69 Å². The molecule has 3 rings (SSSR count). The van der Waals surface area contributed by atoms with Gasteiger partial charge in [-0.1, -0.05) is 91.4 Å². The van der Waals surface area contributed by atoms with Crippen molar-refractivity contribution < 1.29 is 0 Å². The summed E-state index contributed by atoms with van der Waals surface area (Å²) in [5, 5.41) is 0. The van der Waals surface area contributed by atoms with Gasteiger partial charge in [0.2, 0.25) is 0 Å². The van der Waals surface area contributed by atoms with E-state index in [9.17, 15) is 0 Å². The molecule has 0 spiro atoms. The molecule has 1 heteroatoms. The molecule has 2 aromatic rings. The van der Waals surface area contributed by atoms with E-state index in [1.807, 2.05) is 26.0 Å². The fourth-order valence-corrected chi connectivity index (χ4v) is 3.09. The summed E-state index contributed by atoms with van der Waals surface area (Å²) in [6.07, 6.45) is 4.67. The molecule has 0 fully saturated rings. The zero-order valence-corrected chi connectivity index (χ0v) is 16.7. The van der Waals surface area contributed by atoms with Gasteiger partial charge in [0, 0.05) is 5.69 Å². The number of nitrogens with two attached hydrogens (primary N) is 1. The minimum absolute atomic E-state index is 0. The van der Waals surface area contributed by atoms with Gasteiger partial charge >= 0.3 is 0 Å². The predicted molar refractivity (Wildman–Crippen MR) is 127 cm³/mol. The smallest absolute Gasteiger partial charge is 0.0314 e. The van der Waals surface area contributed by atoms with Crippen molar-refractivity contribution in [3.8, 4) is 0 Å². The number of allylic oxidation sites excluding steroid dienone is 1. The predicted octanol–water partition coefficient (Wildman–Crippen LogP) is 8.11. The molecule has 1 aliphatic rings. The fraction of sp³-hybridized carbons (Fsp3) is 0.462. The van der Waals surface area contributed by atoms with Gasteiger partial charge in [-0.2, -0.15) is 0 Å². The number of hydrogen-bond acceptors (Lipinski definition) is 1. The van der Waals surface area contributed by atoms with E-state index in [1.165, 1.54) is 40.7 Å². The zero-order chi connectivity index (χ0) is 18.8. The van der Waals surface area contributed by atoms with Crippen LogP contribution in [-0.2, 0) is 12.8 Å². The van der Waals surface area contributed by atoms with Crippen molar-refractivity contribution in [3.05, 3.63) is 71.3 Å². The number of fused-ring (bicyclic) bond motifs is 1. The van der Waals surface area contributed by atoms with E-state index in [0.29, 0.717) is 5.92 Å². The van der Waals surface area contributed by atoms with E-state index in [0.717, 1.165) is 18.5 Å². The second-order valence-corrected chi connectivity index (χ2v) is 6.57. The standard InChI is InChI=1S/C19H21N.C3H8.C2H6.2CH4/c1-13-3-6-16-7-8-17(14(2)19(16)11-13)12-15-4-9-18(20)10-5-15;1-3-2;1-2;;/h3-6,9-11,17H,2,7-8,12,20H2,1H3;3H2,1-2H3;1-2H3;2*1H4. The number of nitrogen functional groups attached to an aromatic ring is 1. The van der Waals surface area contributed by atoms with Crippen LogP contribution in [0.15, 0.2) is 49.0 Å². The Hall–Kier alpha value is -2.02. The first-order valence-electron chi connectivity index (χ1n) is 9.68. The van der Waals surface area contributed by atoms with E-state index in [4.69, 9.17) is 5.73 Å². The van der Waals surface area contributed by atoms with Gasteiger partial charge in [0.15, 0.2) is 0 Å². The Labute approximate surface area is 169 Å². The van der Waals surface area contributed by atoms with Crippen molar-refractivity contribution in [2.75, 3.05) is 5.73 Å². The minimum Gasteiger partial charge on any atom is -0.399 e. The third kappa shape index (κ3) is 8.03. The lowest BCUT2D eigenvalue weighted by molar-refractivity contribution is 0.587. The Morgan fingerprint density at radius 3 is 2.11 bits per heavy atom. The van der Waals surface area contributed by atoms with Gasteiger partial charge in [0.1, 0.15) is 0 Å². The third-order valence-corrected chi connectivity index (χ3v) is 4.33.